The smallest absolute Gasteiger partial charge is 0.342 e. The molecule has 0 saturated carbocycles. The normalized spacial score (nSPS) is 11.4. The van der Waals surface area contributed by atoms with Crippen molar-refractivity contribution in [3.8, 4) is 5.75 Å². The molecule has 0 aliphatic carbocycles. The highest BCUT2D eigenvalue weighted by molar-refractivity contribution is 7.92. The van der Waals surface area contributed by atoms with Gasteiger partial charge in [-0.1, -0.05) is 13.3 Å². The number of hydrogen-bond acceptors (Lipinski definition) is 6. The van der Waals surface area contributed by atoms with Crippen molar-refractivity contribution in [2.24, 2.45) is 0 Å². The molecule has 0 atom stereocenters. The lowest BCUT2D eigenvalue weighted by Crippen LogP contribution is -2.13. The first-order valence-corrected chi connectivity index (χ1v) is 11.3. The number of nitrogens with one attached hydrogen (secondary N) is 1. The number of anilines is 1. The molecule has 3 aromatic rings. The van der Waals surface area contributed by atoms with Gasteiger partial charge >= 0.3 is 5.97 Å². The second-order valence-electron chi connectivity index (χ2n) is 6.74. The second kappa shape index (κ2) is 9.21. The summed E-state index contributed by atoms with van der Waals surface area (Å²) in [5.74, 6) is 0.544. The lowest BCUT2D eigenvalue weighted by atomic mass is 10.1. The van der Waals surface area contributed by atoms with Gasteiger partial charge in [0.05, 0.1) is 18.1 Å². The molecule has 7 nitrogen and oxygen atoms in total. The van der Waals surface area contributed by atoms with Gasteiger partial charge in [0.2, 0.25) is 0 Å². The van der Waals surface area contributed by atoms with E-state index in [4.69, 9.17) is 13.9 Å². The van der Waals surface area contributed by atoms with Gasteiger partial charge in [0.15, 0.2) is 0 Å². The van der Waals surface area contributed by atoms with E-state index < -0.39 is 16.0 Å². The van der Waals surface area contributed by atoms with Crippen LogP contribution < -0.4 is 9.46 Å². The summed E-state index contributed by atoms with van der Waals surface area (Å²) in [6.45, 7) is 6.37. The maximum absolute atomic E-state index is 12.7. The monoisotopic (exact) mass is 431 g/mol. The number of carbonyl (C=O) groups excluding carboxylic acids is 1. The molecule has 0 unspecified atom stereocenters. The van der Waals surface area contributed by atoms with E-state index in [0.717, 1.165) is 12.8 Å². The van der Waals surface area contributed by atoms with E-state index in [1.165, 1.54) is 12.1 Å². The minimum absolute atomic E-state index is 0.105. The molecule has 0 saturated heterocycles. The van der Waals surface area contributed by atoms with Crippen molar-refractivity contribution in [3.63, 3.8) is 0 Å². The second-order valence-corrected chi connectivity index (χ2v) is 8.43. The van der Waals surface area contributed by atoms with Gasteiger partial charge in [0, 0.05) is 11.1 Å². The van der Waals surface area contributed by atoms with Crippen molar-refractivity contribution in [1.82, 2.24) is 0 Å². The predicted octanol–water partition coefficient (Wildman–Crippen LogP) is 4.90. The Labute approximate surface area is 176 Å². The number of aryl methyl sites for hydroxylation is 1. The van der Waals surface area contributed by atoms with Crippen LogP contribution in [0.5, 0.6) is 5.75 Å². The molecule has 0 amide bonds. The van der Waals surface area contributed by atoms with Gasteiger partial charge in [-0.25, -0.2) is 13.2 Å². The number of fused-ring (bicyclic) bond motifs is 1. The first-order valence-electron chi connectivity index (χ1n) is 9.81. The van der Waals surface area contributed by atoms with Crippen LogP contribution in [-0.2, 0) is 14.8 Å². The van der Waals surface area contributed by atoms with Gasteiger partial charge in [-0.2, -0.15) is 0 Å². The van der Waals surface area contributed by atoms with E-state index in [2.05, 4.69) is 4.72 Å². The lowest BCUT2D eigenvalue weighted by molar-refractivity contribution is 0.0500. The zero-order chi connectivity index (χ0) is 21.7. The Morgan fingerprint density at radius 2 is 1.83 bits per heavy atom. The molecule has 0 spiro atoms. The topological polar surface area (TPSA) is 94.8 Å². The van der Waals surface area contributed by atoms with Crippen molar-refractivity contribution in [2.45, 2.75) is 38.5 Å². The number of unbranched alkanes of at least 4 members (excludes halogenated alkanes) is 1. The Balaban J connectivity index is 1.87. The van der Waals surface area contributed by atoms with Crippen LogP contribution in [0.25, 0.3) is 11.0 Å². The average Bonchev–Trinajstić information content (AvgIpc) is 3.03. The summed E-state index contributed by atoms with van der Waals surface area (Å²) >= 11 is 0. The molecular weight excluding hydrogens is 406 g/mol. The van der Waals surface area contributed by atoms with Gasteiger partial charge < -0.3 is 13.9 Å². The van der Waals surface area contributed by atoms with E-state index in [-0.39, 0.29) is 4.90 Å². The molecule has 1 aromatic heterocycles. The minimum atomic E-state index is -3.81. The Hall–Kier alpha value is -3.00. The molecule has 160 valence electrons. The zero-order valence-corrected chi connectivity index (χ0v) is 18.0. The third-order valence-corrected chi connectivity index (χ3v) is 5.89. The van der Waals surface area contributed by atoms with Crippen molar-refractivity contribution < 1.29 is 27.1 Å². The molecule has 8 heteroatoms. The minimum Gasteiger partial charge on any atom is -0.494 e. The molecule has 0 fully saturated rings. The fraction of sp³-hybridized carbons (Fsp3) is 0.318. The number of rotatable bonds is 9. The number of carbonyl (C=O) groups is 1. The number of sulfonamides is 1. The highest BCUT2D eigenvalue weighted by Gasteiger charge is 2.21. The highest BCUT2D eigenvalue weighted by Crippen LogP contribution is 2.30. The van der Waals surface area contributed by atoms with E-state index in [1.807, 2.05) is 13.8 Å². The number of ether oxygens (including phenoxy) is 2. The van der Waals surface area contributed by atoms with Crippen LogP contribution in [0.4, 0.5) is 5.69 Å². The van der Waals surface area contributed by atoms with Gasteiger partial charge in [-0.3, -0.25) is 4.72 Å². The summed E-state index contributed by atoms with van der Waals surface area (Å²) in [6.07, 6.45) is 1.68. The molecule has 0 aliphatic heterocycles. The van der Waals surface area contributed by atoms with E-state index in [9.17, 15) is 13.2 Å². The van der Waals surface area contributed by atoms with Crippen LogP contribution >= 0.6 is 0 Å². The Morgan fingerprint density at radius 1 is 1.10 bits per heavy atom. The van der Waals surface area contributed by atoms with Crippen LogP contribution in [-0.4, -0.2) is 27.6 Å². The summed E-state index contributed by atoms with van der Waals surface area (Å²) < 4.78 is 44.3. The van der Waals surface area contributed by atoms with Crippen molar-refractivity contribution in [3.05, 3.63) is 53.8 Å². The summed E-state index contributed by atoms with van der Waals surface area (Å²) in [7, 11) is -3.81. The largest absolute Gasteiger partial charge is 0.494 e. The maximum Gasteiger partial charge on any atom is 0.342 e. The number of furan rings is 1. The zero-order valence-electron chi connectivity index (χ0n) is 17.2. The van der Waals surface area contributed by atoms with Gasteiger partial charge in [-0.05, 0) is 62.7 Å². The van der Waals surface area contributed by atoms with Gasteiger partial charge in [0.25, 0.3) is 10.0 Å². The summed E-state index contributed by atoms with van der Waals surface area (Å²) in [5, 5.41) is 0.501. The van der Waals surface area contributed by atoms with Crippen molar-refractivity contribution in [2.75, 3.05) is 17.9 Å². The first-order chi connectivity index (χ1) is 14.4. The van der Waals surface area contributed by atoms with Crippen molar-refractivity contribution >= 4 is 32.6 Å². The fourth-order valence-electron chi connectivity index (χ4n) is 3.01. The highest BCUT2D eigenvalue weighted by atomic mass is 32.2. The van der Waals surface area contributed by atoms with E-state index >= 15 is 0 Å². The van der Waals surface area contributed by atoms with Gasteiger partial charge in [-0.15, -0.1) is 0 Å². The maximum atomic E-state index is 12.7. The van der Waals surface area contributed by atoms with Crippen LogP contribution in [0.15, 0.2) is 51.8 Å². The summed E-state index contributed by atoms with van der Waals surface area (Å²) in [4.78, 5) is 12.6. The SMILES string of the molecule is CCCCOC(=O)c1c(C)oc2ccc(NS(=O)(=O)c3ccc(OCC)cc3)cc12. The Morgan fingerprint density at radius 3 is 2.50 bits per heavy atom. The molecule has 1 heterocycles. The average molecular weight is 432 g/mol. The third kappa shape index (κ3) is 4.76. The van der Waals surface area contributed by atoms with Crippen LogP contribution in [0.2, 0.25) is 0 Å². The van der Waals surface area contributed by atoms with E-state index in [1.54, 1.807) is 37.3 Å². The quantitative estimate of drug-likeness (QED) is 0.383. The Kier molecular flexibility index (Phi) is 6.66. The number of hydrogen-bond donors (Lipinski definition) is 1. The molecule has 0 aliphatic rings. The molecule has 3 rings (SSSR count). The number of benzene rings is 2. The third-order valence-electron chi connectivity index (χ3n) is 4.50. The molecular formula is C22H25NO6S. The molecule has 30 heavy (non-hydrogen) atoms. The summed E-state index contributed by atoms with van der Waals surface area (Å²) in [5.41, 5.74) is 1.11. The van der Waals surface area contributed by atoms with Gasteiger partial charge in [0.1, 0.15) is 22.7 Å². The lowest BCUT2D eigenvalue weighted by Gasteiger charge is -2.09. The first kappa shape index (κ1) is 21.7. The molecule has 0 bridgehead atoms. The van der Waals surface area contributed by atoms with E-state index in [0.29, 0.717) is 46.9 Å². The van der Waals surface area contributed by atoms with Crippen LogP contribution in [0.1, 0.15) is 42.8 Å². The Bertz CT molecular complexity index is 1130. The fourth-order valence-corrected chi connectivity index (χ4v) is 4.06. The molecule has 2 aromatic carbocycles. The van der Waals surface area contributed by atoms with Crippen LogP contribution in [0, 0.1) is 6.92 Å². The molecule has 0 radical (unpaired) electrons. The number of esters is 1. The standard InChI is InChI=1S/C22H25NO6S/c1-4-6-13-28-22(24)21-15(3)29-20-12-7-16(14-19(20)21)23-30(25,26)18-10-8-17(9-11-18)27-5-2/h7-12,14,23H,4-6,13H2,1-3H3. The molecule has 1 N–H and O–H groups in total. The van der Waals surface area contributed by atoms with Crippen LogP contribution in [0.3, 0.4) is 0 Å². The summed E-state index contributed by atoms with van der Waals surface area (Å²) in [6, 6.07) is 10.9. The predicted molar refractivity (Wildman–Crippen MR) is 115 cm³/mol. The van der Waals surface area contributed by atoms with Crippen molar-refractivity contribution in [1.29, 1.82) is 0 Å².